The van der Waals surface area contributed by atoms with Crippen LogP contribution in [0.15, 0.2) is 47.0 Å². The molecule has 3 amide bonds. The van der Waals surface area contributed by atoms with Gasteiger partial charge in [-0.1, -0.05) is 17.3 Å². The van der Waals surface area contributed by atoms with Gasteiger partial charge in [0.05, 0.1) is 27.2 Å². The summed E-state index contributed by atoms with van der Waals surface area (Å²) in [5.41, 5.74) is 8.65. The zero-order valence-electron chi connectivity index (χ0n) is 16.4. The van der Waals surface area contributed by atoms with E-state index in [9.17, 15) is 9.59 Å². The number of anilines is 1. The van der Waals surface area contributed by atoms with Gasteiger partial charge in [-0.3, -0.25) is 4.79 Å². The molecule has 4 N–H and O–H groups in total. The largest absolute Gasteiger partial charge is 0.351 e. The molecule has 0 fully saturated rings. The van der Waals surface area contributed by atoms with E-state index in [-0.39, 0.29) is 5.91 Å². The third kappa shape index (κ3) is 4.01. The number of carbonyl (C=O) groups excluding carboxylic acids is 2. The van der Waals surface area contributed by atoms with E-state index in [0.717, 1.165) is 15.3 Å². The maximum absolute atomic E-state index is 13.0. The summed E-state index contributed by atoms with van der Waals surface area (Å²) >= 11 is 1.60. The molecular weight excluding hydrogens is 402 g/mol. The van der Waals surface area contributed by atoms with Crippen molar-refractivity contribution in [2.45, 2.75) is 20.4 Å². The Balaban J connectivity index is 1.59. The van der Waals surface area contributed by atoms with Gasteiger partial charge < -0.3 is 20.9 Å². The summed E-state index contributed by atoms with van der Waals surface area (Å²) in [6, 6.07) is 12.2. The van der Waals surface area contributed by atoms with Crippen LogP contribution in [0.5, 0.6) is 0 Å². The highest BCUT2D eigenvalue weighted by Gasteiger charge is 2.19. The number of benzene rings is 1. The van der Waals surface area contributed by atoms with Gasteiger partial charge in [-0.2, -0.15) is 0 Å². The molecule has 4 rings (SSSR count). The monoisotopic (exact) mass is 421 g/mol. The fourth-order valence-corrected chi connectivity index (χ4v) is 3.93. The maximum atomic E-state index is 13.0. The number of hydrogen-bond acceptors (Lipinski definition) is 6. The summed E-state index contributed by atoms with van der Waals surface area (Å²) in [6.45, 7) is 4.12. The van der Waals surface area contributed by atoms with Crippen LogP contribution in [0.4, 0.5) is 10.5 Å². The van der Waals surface area contributed by atoms with Gasteiger partial charge >= 0.3 is 6.03 Å². The van der Waals surface area contributed by atoms with Crippen molar-refractivity contribution in [1.29, 1.82) is 0 Å². The lowest BCUT2D eigenvalue weighted by molar-refractivity contribution is 0.0952. The molecule has 0 aliphatic carbocycles. The highest BCUT2D eigenvalue weighted by atomic mass is 32.1. The van der Waals surface area contributed by atoms with Crippen molar-refractivity contribution in [2.75, 3.05) is 5.32 Å². The predicted octanol–water partition coefficient (Wildman–Crippen LogP) is 3.99. The third-order valence-corrected chi connectivity index (χ3v) is 5.55. The minimum Gasteiger partial charge on any atom is -0.351 e. The van der Waals surface area contributed by atoms with Crippen LogP contribution in [0.3, 0.4) is 0 Å². The lowest BCUT2D eigenvalue weighted by Crippen LogP contribution is -2.23. The SMILES string of the molecule is Cc1ccc(-c2cc(C(=O)NCc3ccc(NC(N)=O)cc3)c3c(C)noc3n2)s1. The van der Waals surface area contributed by atoms with E-state index >= 15 is 0 Å². The van der Waals surface area contributed by atoms with E-state index in [1.54, 1.807) is 48.6 Å². The highest BCUT2D eigenvalue weighted by molar-refractivity contribution is 7.15. The quantitative estimate of drug-likeness (QED) is 0.450. The average molecular weight is 421 g/mol. The zero-order chi connectivity index (χ0) is 21.3. The molecule has 0 saturated carbocycles. The minimum absolute atomic E-state index is 0.248. The number of thiophene rings is 1. The normalized spacial score (nSPS) is 10.9. The standard InChI is InChI=1S/C21H19N5O3S/c1-11-3-8-17(30-11)16-9-15(18-12(2)26-29-20(18)25-16)19(27)23-10-13-4-6-14(7-5-13)24-21(22)28/h3-9H,10H2,1-2H3,(H,23,27)(H3,22,24,28). The molecule has 0 spiro atoms. The van der Waals surface area contributed by atoms with E-state index in [4.69, 9.17) is 10.3 Å². The van der Waals surface area contributed by atoms with Crippen LogP contribution in [0.25, 0.3) is 21.7 Å². The summed E-state index contributed by atoms with van der Waals surface area (Å²) in [5, 5.41) is 10.00. The second-order valence-electron chi connectivity index (χ2n) is 6.78. The molecule has 0 unspecified atom stereocenters. The smallest absolute Gasteiger partial charge is 0.316 e. The highest BCUT2D eigenvalue weighted by Crippen LogP contribution is 2.31. The first-order valence-corrected chi connectivity index (χ1v) is 10.00. The van der Waals surface area contributed by atoms with E-state index in [2.05, 4.69) is 20.8 Å². The number of amides is 3. The number of carbonyl (C=O) groups is 2. The summed E-state index contributed by atoms with van der Waals surface area (Å²) in [4.78, 5) is 30.5. The summed E-state index contributed by atoms with van der Waals surface area (Å²) < 4.78 is 5.33. The second kappa shape index (κ2) is 7.96. The number of aromatic nitrogens is 2. The van der Waals surface area contributed by atoms with Crippen molar-refractivity contribution in [3.05, 3.63) is 64.2 Å². The molecule has 3 aromatic heterocycles. The second-order valence-corrected chi connectivity index (χ2v) is 8.07. The molecule has 152 valence electrons. The van der Waals surface area contributed by atoms with E-state index in [0.29, 0.717) is 40.3 Å². The van der Waals surface area contributed by atoms with Crippen LogP contribution in [0, 0.1) is 13.8 Å². The van der Waals surface area contributed by atoms with Crippen LogP contribution in [-0.2, 0) is 6.54 Å². The minimum atomic E-state index is -0.626. The van der Waals surface area contributed by atoms with Gasteiger partial charge in [0.25, 0.3) is 11.6 Å². The van der Waals surface area contributed by atoms with Gasteiger partial charge in [0.1, 0.15) is 0 Å². The number of rotatable bonds is 5. The number of nitrogens with two attached hydrogens (primary N) is 1. The first-order chi connectivity index (χ1) is 14.4. The number of aryl methyl sites for hydroxylation is 2. The predicted molar refractivity (Wildman–Crippen MR) is 115 cm³/mol. The molecule has 8 nitrogen and oxygen atoms in total. The fraction of sp³-hybridized carbons (Fsp3) is 0.143. The Morgan fingerprint density at radius 1 is 1.13 bits per heavy atom. The third-order valence-electron chi connectivity index (χ3n) is 4.53. The zero-order valence-corrected chi connectivity index (χ0v) is 17.2. The Bertz CT molecular complexity index is 1240. The van der Waals surface area contributed by atoms with Crippen LogP contribution in [-0.4, -0.2) is 22.1 Å². The molecule has 0 saturated heterocycles. The molecule has 1 aromatic carbocycles. The van der Waals surface area contributed by atoms with E-state index in [1.807, 2.05) is 19.1 Å². The van der Waals surface area contributed by atoms with Crippen LogP contribution < -0.4 is 16.4 Å². The maximum Gasteiger partial charge on any atom is 0.316 e. The Labute approximate surface area is 176 Å². The molecule has 0 atom stereocenters. The van der Waals surface area contributed by atoms with Crippen molar-refractivity contribution in [1.82, 2.24) is 15.5 Å². The Hall–Kier alpha value is -3.72. The fourth-order valence-electron chi connectivity index (χ4n) is 3.10. The lowest BCUT2D eigenvalue weighted by atomic mass is 10.1. The van der Waals surface area contributed by atoms with Crippen molar-refractivity contribution < 1.29 is 14.1 Å². The Morgan fingerprint density at radius 3 is 2.57 bits per heavy atom. The number of primary amides is 1. The van der Waals surface area contributed by atoms with Gasteiger partial charge in [-0.25, -0.2) is 9.78 Å². The first-order valence-electron chi connectivity index (χ1n) is 9.18. The van der Waals surface area contributed by atoms with Gasteiger partial charge in [0.2, 0.25) is 0 Å². The topological polar surface area (TPSA) is 123 Å². The van der Waals surface area contributed by atoms with Gasteiger partial charge in [-0.15, -0.1) is 11.3 Å². The molecule has 0 aliphatic rings. The number of urea groups is 1. The number of nitrogens with zero attached hydrogens (tertiary/aromatic N) is 2. The average Bonchev–Trinajstić information content (AvgIpc) is 3.32. The summed E-state index contributed by atoms with van der Waals surface area (Å²) in [6.07, 6.45) is 0. The molecule has 9 heteroatoms. The Kier molecular flexibility index (Phi) is 5.20. The van der Waals surface area contributed by atoms with Crippen LogP contribution >= 0.6 is 11.3 Å². The van der Waals surface area contributed by atoms with E-state index in [1.165, 1.54) is 0 Å². The molecule has 0 radical (unpaired) electrons. The molecular formula is C21H19N5O3S. The summed E-state index contributed by atoms with van der Waals surface area (Å²) in [5.74, 6) is -0.248. The van der Waals surface area contributed by atoms with Crippen LogP contribution in [0.2, 0.25) is 0 Å². The van der Waals surface area contributed by atoms with Gasteiger partial charge in [0, 0.05) is 17.1 Å². The van der Waals surface area contributed by atoms with Crippen molar-refractivity contribution in [3.8, 4) is 10.6 Å². The van der Waals surface area contributed by atoms with Crippen LogP contribution in [0.1, 0.15) is 26.5 Å². The first kappa shape index (κ1) is 19.6. The molecule has 30 heavy (non-hydrogen) atoms. The summed E-state index contributed by atoms with van der Waals surface area (Å²) in [7, 11) is 0. The number of pyridine rings is 1. The van der Waals surface area contributed by atoms with Crippen molar-refractivity contribution in [2.24, 2.45) is 5.73 Å². The van der Waals surface area contributed by atoms with Gasteiger partial charge in [-0.05, 0) is 49.7 Å². The van der Waals surface area contributed by atoms with E-state index < -0.39 is 6.03 Å². The molecule has 4 aromatic rings. The van der Waals surface area contributed by atoms with Crippen molar-refractivity contribution in [3.63, 3.8) is 0 Å². The Morgan fingerprint density at radius 2 is 1.90 bits per heavy atom. The van der Waals surface area contributed by atoms with Gasteiger partial charge in [0.15, 0.2) is 0 Å². The molecule has 0 bridgehead atoms. The van der Waals surface area contributed by atoms with Crippen molar-refractivity contribution >= 4 is 40.1 Å². The number of fused-ring (bicyclic) bond motifs is 1. The number of nitrogens with one attached hydrogen (secondary N) is 2. The molecule has 3 heterocycles. The number of hydrogen-bond donors (Lipinski definition) is 3. The lowest BCUT2D eigenvalue weighted by Gasteiger charge is -2.09. The molecule has 0 aliphatic heterocycles.